The van der Waals surface area contributed by atoms with E-state index in [0.29, 0.717) is 46.6 Å². The zero-order valence-electron chi connectivity index (χ0n) is 18.5. The van der Waals surface area contributed by atoms with E-state index in [2.05, 4.69) is 25.8 Å². The molecular formula is C25H25Cl2N5O. The van der Waals surface area contributed by atoms with Gasteiger partial charge in [0, 0.05) is 49.2 Å². The summed E-state index contributed by atoms with van der Waals surface area (Å²) in [6.07, 6.45) is 3.37. The van der Waals surface area contributed by atoms with Crippen molar-refractivity contribution in [2.24, 2.45) is 0 Å². The van der Waals surface area contributed by atoms with Crippen molar-refractivity contribution in [3.05, 3.63) is 87.4 Å². The lowest BCUT2D eigenvalue weighted by atomic mass is 9.95. The Hall–Kier alpha value is -2.69. The average molecular weight is 482 g/mol. The molecule has 0 aliphatic carbocycles. The molecule has 2 aromatic carbocycles. The fourth-order valence-electron chi connectivity index (χ4n) is 4.25. The Morgan fingerprint density at radius 3 is 2.45 bits per heavy atom. The van der Waals surface area contributed by atoms with Crippen molar-refractivity contribution in [3.63, 3.8) is 0 Å². The van der Waals surface area contributed by atoms with E-state index in [1.807, 2.05) is 37.3 Å². The van der Waals surface area contributed by atoms with Crippen LogP contribution in [0.3, 0.4) is 0 Å². The maximum atomic E-state index is 11.2. The van der Waals surface area contributed by atoms with Crippen molar-refractivity contribution in [1.29, 1.82) is 5.26 Å². The summed E-state index contributed by atoms with van der Waals surface area (Å²) in [5.41, 5.74) is 2.11. The number of anilines is 1. The minimum Gasteiger partial charge on any atom is -0.384 e. The summed E-state index contributed by atoms with van der Waals surface area (Å²) in [6, 6.07) is 15.3. The molecule has 170 valence electrons. The van der Waals surface area contributed by atoms with Gasteiger partial charge in [-0.2, -0.15) is 5.26 Å². The third-order valence-electron chi connectivity index (χ3n) is 6.04. The highest BCUT2D eigenvalue weighted by atomic mass is 35.5. The number of aryl methyl sites for hydroxylation is 1. The minimum absolute atomic E-state index is 0.00785. The van der Waals surface area contributed by atoms with Crippen LogP contribution < -0.4 is 4.90 Å². The highest BCUT2D eigenvalue weighted by molar-refractivity contribution is 6.33. The van der Waals surface area contributed by atoms with E-state index < -0.39 is 5.60 Å². The molecule has 0 amide bonds. The summed E-state index contributed by atoms with van der Waals surface area (Å²) >= 11 is 12.7. The molecule has 8 heteroatoms. The van der Waals surface area contributed by atoms with Gasteiger partial charge in [0.25, 0.3) is 0 Å². The molecule has 1 aromatic heterocycles. The molecule has 0 bridgehead atoms. The Morgan fingerprint density at radius 1 is 1.12 bits per heavy atom. The third-order valence-corrected chi connectivity index (χ3v) is 6.59. The van der Waals surface area contributed by atoms with Crippen LogP contribution in [-0.2, 0) is 5.60 Å². The van der Waals surface area contributed by atoms with Gasteiger partial charge >= 0.3 is 0 Å². The largest absolute Gasteiger partial charge is 0.384 e. The lowest BCUT2D eigenvalue weighted by molar-refractivity contribution is 0.00971. The van der Waals surface area contributed by atoms with Crippen molar-refractivity contribution >= 4 is 28.9 Å². The van der Waals surface area contributed by atoms with Crippen molar-refractivity contribution in [3.8, 4) is 6.07 Å². The van der Waals surface area contributed by atoms with Crippen LogP contribution in [-0.4, -0.2) is 46.2 Å². The van der Waals surface area contributed by atoms with E-state index in [1.165, 1.54) is 0 Å². The molecular weight excluding hydrogens is 457 g/mol. The van der Waals surface area contributed by atoms with Gasteiger partial charge in [0.2, 0.25) is 0 Å². The highest BCUT2D eigenvalue weighted by Crippen LogP contribution is 2.36. The quantitative estimate of drug-likeness (QED) is 0.567. The first-order valence-corrected chi connectivity index (χ1v) is 11.5. The van der Waals surface area contributed by atoms with E-state index >= 15 is 0 Å². The number of nitriles is 1. The number of benzene rings is 2. The van der Waals surface area contributed by atoms with Gasteiger partial charge in [-0.15, -0.1) is 0 Å². The fourth-order valence-corrected chi connectivity index (χ4v) is 4.66. The molecule has 1 aliphatic heterocycles. The molecule has 0 unspecified atom stereocenters. The Balaban J connectivity index is 1.62. The molecule has 1 aliphatic rings. The second kappa shape index (κ2) is 9.66. The van der Waals surface area contributed by atoms with E-state index in [-0.39, 0.29) is 6.04 Å². The minimum atomic E-state index is -1.09. The summed E-state index contributed by atoms with van der Waals surface area (Å²) in [4.78, 5) is 13.0. The smallest absolute Gasteiger partial charge is 0.125 e. The molecule has 2 atom stereocenters. The predicted octanol–water partition coefficient (Wildman–Crippen LogP) is 4.73. The van der Waals surface area contributed by atoms with Gasteiger partial charge < -0.3 is 10.0 Å². The summed E-state index contributed by atoms with van der Waals surface area (Å²) in [6.45, 7) is 6.19. The van der Waals surface area contributed by atoms with Gasteiger partial charge in [-0.25, -0.2) is 9.97 Å². The highest BCUT2D eigenvalue weighted by Gasteiger charge is 2.34. The van der Waals surface area contributed by atoms with Crippen molar-refractivity contribution in [2.45, 2.75) is 25.5 Å². The van der Waals surface area contributed by atoms with E-state index in [0.717, 1.165) is 17.8 Å². The molecule has 0 radical (unpaired) electrons. The molecule has 0 spiro atoms. The third kappa shape index (κ3) is 5.29. The number of aromatic nitrogens is 2. The van der Waals surface area contributed by atoms with E-state index in [1.54, 1.807) is 31.5 Å². The fraction of sp³-hybridized carbons (Fsp3) is 0.320. The topological polar surface area (TPSA) is 76.3 Å². The Morgan fingerprint density at radius 2 is 1.82 bits per heavy atom. The molecule has 2 heterocycles. The van der Waals surface area contributed by atoms with Gasteiger partial charge in [-0.1, -0.05) is 35.3 Å². The molecule has 1 N–H and O–H groups in total. The molecule has 6 nitrogen and oxygen atoms in total. The number of hydrogen-bond acceptors (Lipinski definition) is 6. The maximum absolute atomic E-state index is 11.2. The summed E-state index contributed by atoms with van der Waals surface area (Å²) in [7, 11) is 0. The summed E-state index contributed by atoms with van der Waals surface area (Å²) in [5, 5.41) is 21.6. The molecule has 33 heavy (non-hydrogen) atoms. The van der Waals surface area contributed by atoms with Crippen LogP contribution in [0.25, 0.3) is 0 Å². The van der Waals surface area contributed by atoms with Gasteiger partial charge in [0.05, 0.1) is 28.4 Å². The predicted molar refractivity (Wildman–Crippen MR) is 130 cm³/mol. The van der Waals surface area contributed by atoms with Crippen LogP contribution >= 0.6 is 23.2 Å². The van der Waals surface area contributed by atoms with Gasteiger partial charge in [-0.05, 0) is 49.7 Å². The number of nitrogens with zero attached hydrogens (tertiary/aromatic N) is 5. The van der Waals surface area contributed by atoms with Crippen LogP contribution in [0.4, 0.5) is 5.69 Å². The lowest BCUT2D eigenvalue weighted by Crippen LogP contribution is -2.52. The SMILES string of the molecule is Cc1ncc([C@](C)(O)CN2CCN(c3ccc(C#N)cc3Cl)[C@H](c3ccc(Cl)cc3)C2)cn1. The van der Waals surface area contributed by atoms with Crippen molar-refractivity contribution in [1.82, 2.24) is 14.9 Å². The molecule has 0 saturated carbocycles. The molecule has 4 rings (SSSR count). The lowest BCUT2D eigenvalue weighted by Gasteiger charge is -2.45. The first kappa shape index (κ1) is 23.5. The first-order valence-electron chi connectivity index (χ1n) is 10.7. The summed E-state index contributed by atoms with van der Waals surface area (Å²) < 4.78 is 0. The number of rotatable bonds is 5. The number of aliphatic hydroxyl groups is 1. The van der Waals surface area contributed by atoms with Crippen molar-refractivity contribution in [2.75, 3.05) is 31.1 Å². The van der Waals surface area contributed by atoms with Gasteiger partial charge in [0.15, 0.2) is 0 Å². The second-order valence-corrected chi connectivity index (χ2v) is 9.41. The molecule has 3 aromatic rings. The van der Waals surface area contributed by atoms with Crippen LogP contribution in [0.2, 0.25) is 10.0 Å². The normalized spacial score (nSPS) is 18.5. The standard InChI is InChI=1S/C25H25Cl2N5O/c1-17-29-13-20(14-30-17)25(2,33)16-31-9-10-32(23-8-3-18(12-28)11-22(23)27)24(15-31)19-4-6-21(26)7-5-19/h3-8,11,13-14,24,33H,9-10,15-16H2,1-2H3/t24-,25+/m0/s1. The van der Waals surface area contributed by atoms with Crippen LogP contribution in [0.1, 0.15) is 35.5 Å². The van der Waals surface area contributed by atoms with Crippen LogP contribution in [0.15, 0.2) is 54.9 Å². The Labute approximate surface area is 204 Å². The van der Waals surface area contributed by atoms with Gasteiger partial charge in [0.1, 0.15) is 11.4 Å². The zero-order chi connectivity index (χ0) is 23.6. The second-order valence-electron chi connectivity index (χ2n) is 8.57. The van der Waals surface area contributed by atoms with Gasteiger partial charge in [-0.3, -0.25) is 4.90 Å². The van der Waals surface area contributed by atoms with Crippen LogP contribution in [0, 0.1) is 18.3 Å². The summed E-state index contributed by atoms with van der Waals surface area (Å²) in [5.74, 6) is 0.672. The molecule has 1 saturated heterocycles. The number of β-amino-alcohol motifs (C(OH)–C–C–N with tert-alkyl or cyclic N) is 1. The number of piperazine rings is 1. The Kier molecular flexibility index (Phi) is 6.87. The van der Waals surface area contributed by atoms with Crippen molar-refractivity contribution < 1.29 is 5.11 Å². The molecule has 1 fully saturated rings. The van der Waals surface area contributed by atoms with E-state index in [9.17, 15) is 10.4 Å². The average Bonchev–Trinajstić information content (AvgIpc) is 2.80. The maximum Gasteiger partial charge on any atom is 0.125 e. The van der Waals surface area contributed by atoms with E-state index in [4.69, 9.17) is 23.2 Å². The Bertz CT molecular complexity index is 1160. The zero-order valence-corrected chi connectivity index (χ0v) is 20.1. The van der Waals surface area contributed by atoms with Crippen LogP contribution in [0.5, 0.6) is 0 Å². The number of halogens is 2. The number of hydrogen-bond donors (Lipinski definition) is 1. The monoisotopic (exact) mass is 481 g/mol. The first-order chi connectivity index (χ1) is 15.8.